The lowest BCUT2D eigenvalue weighted by atomic mass is 9.81. The minimum absolute atomic E-state index is 0.0693. The SMILES string of the molecule is CCC(c1ccc(F)cn1)C(O)(CC)C(=O)O. The van der Waals surface area contributed by atoms with E-state index in [0.29, 0.717) is 12.1 Å². The Hall–Kier alpha value is -1.49. The summed E-state index contributed by atoms with van der Waals surface area (Å²) in [6.45, 7) is 3.36. The van der Waals surface area contributed by atoms with Crippen molar-refractivity contribution in [1.29, 1.82) is 0 Å². The van der Waals surface area contributed by atoms with Gasteiger partial charge >= 0.3 is 5.97 Å². The van der Waals surface area contributed by atoms with Crippen LogP contribution < -0.4 is 0 Å². The minimum Gasteiger partial charge on any atom is -0.479 e. The van der Waals surface area contributed by atoms with Crippen LogP contribution in [0.2, 0.25) is 0 Å². The van der Waals surface area contributed by atoms with E-state index < -0.39 is 23.3 Å². The van der Waals surface area contributed by atoms with Gasteiger partial charge in [0.25, 0.3) is 0 Å². The number of carboxylic acid groups (broad SMARTS) is 1. The Bertz CT molecular complexity index is 393. The van der Waals surface area contributed by atoms with E-state index in [-0.39, 0.29) is 6.42 Å². The third kappa shape index (κ3) is 2.61. The molecular weight excluding hydrogens is 225 g/mol. The average Bonchev–Trinajstić information content (AvgIpc) is 2.31. The summed E-state index contributed by atoms with van der Waals surface area (Å²) in [6.07, 6.45) is 1.51. The second-order valence-corrected chi connectivity index (χ2v) is 3.95. The van der Waals surface area contributed by atoms with Gasteiger partial charge in [-0.15, -0.1) is 0 Å². The number of rotatable bonds is 5. The number of hydrogen-bond donors (Lipinski definition) is 2. The highest BCUT2D eigenvalue weighted by Gasteiger charge is 2.43. The van der Waals surface area contributed by atoms with Gasteiger partial charge in [-0.2, -0.15) is 0 Å². The number of aliphatic carboxylic acids is 1. The smallest absolute Gasteiger partial charge is 0.336 e. The zero-order valence-corrected chi connectivity index (χ0v) is 9.85. The van der Waals surface area contributed by atoms with E-state index in [2.05, 4.69) is 4.98 Å². The van der Waals surface area contributed by atoms with Crippen molar-refractivity contribution in [3.63, 3.8) is 0 Å². The Balaban J connectivity index is 3.14. The van der Waals surface area contributed by atoms with Crippen LogP contribution >= 0.6 is 0 Å². The highest BCUT2D eigenvalue weighted by atomic mass is 19.1. The largest absolute Gasteiger partial charge is 0.479 e. The van der Waals surface area contributed by atoms with Crippen LogP contribution in [0.15, 0.2) is 18.3 Å². The summed E-state index contributed by atoms with van der Waals surface area (Å²) in [6, 6.07) is 2.62. The molecule has 2 N–H and O–H groups in total. The molecule has 17 heavy (non-hydrogen) atoms. The van der Waals surface area contributed by atoms with Gasteiger partial charge in [-0.05, 0) is 25.0 Å². The number of carboxylic acids is 1. The van der Waals surface area contributed by atoms with Crippen LogP contribution in [0.25, 0.3) is 0 Å². The van der Waals surface area contributed by atoms with Crippen LogP contribution in [0.5, 0.6) is 0 Å². The third-order valence-electron chi connectivity index (χ3n) is 3.00. The molecule has 4 nitrogen and oxygen atoms in total. The van der Waals surface area contributed by atoms with E-state index in [4.69, 9.17) is 5.11 Å². The van der Waals surface area contributed by atoms with Crippen molar-refractivity contribution >= 4 is 5.97 Å². The number of pyridine rings is 1. The molecule has 1 aromatic heterocycles. The van der Waals surface area contributed by atoms with Gasteiger partial charge in [-0.25, -0.2) is 9.18 Å². The number of nitrogens with zero attached hydrogens (tertiary/aromatic N) is 1. The van der Waals surface area contributed by atoms with E-state index in [1.807, 2.05) is 0 Å². The van der Waals surface area contributed by atoms with Crippen LogP contribution in [0.4, 0.5) is 4.39 Å². The molecule has 2 unspecified atom stereocenters. The summed E-state index contributed by atoms with van der Waals surface area (Å²) >= 11 is 0. The second kappa shape index (κ2) is 5.23. The topological polar surface area (TPSA) is 70.4 Å². The van der Waals surface area contributed by atoms with E-state index in [0.717, 1.165) is 6.20 Å². The van der Waals surface area contributed by atoms with Gasteiger partial charge in [-0.1, -0.05) is 13.8 Å². The molecule has 0 aliphatic rings. The quantitative estimate of drug-likeness (QED) is 0.826. The maximum atomic E-state index is 12.7. The van der Waals surface area contributed by atoms with Gasteiger partial charge in [0.05, 0.1) is 6.20 Å². The van der Waals surface area contributed by atoms with E-state index in [1.54, 1.807) is 13.8 Å². The van der Waals surface area contributed by atoms with Crippen LogP contribution in [0.1, 0.15) is 38.3 Å². The summed E-state index contributed by atoms with van der Waals surface area (Å²) in [5.74, 6) is -2.41. The highest BCUT2D eigenvalue weighted by molar-refractivity contribution is 5.78. The van der Waals surface area contributed by atoms with Crippen molar-refractivity contribution in [2.45, 2.75) is 38.2 Å². The van der Waals surface area contributed by atoms with Crippen molar-refractivity contribution in [2.24, 2.45) is 0 Å². The average molecular weight is 241 g/mol. The van der Waals surface area contributed by atoms with Gasteiger partial charge < -0.3 is 10.2 Å². The Labute approximate surface area is 99.1 Å². The van der Waals surface area contributed by atoms with Gasteiger partial charge in [0.1, 0.15) is 5.82 Å². The third-order valence-corrected chi connectivity index (χ3v) is 3.00. The van der Waals surface area contributed by atoms with Crippen molar-refractivity contribution < 1.29 is 19.4 Å². The molecule has 0 bridgehead atoms. The maximum Gasteiger partial charge on any atom is 0.336 e. The molecule has 1 heterocycles. The van der Waals surface area contributed by atoms with Gasteiger partial charge in [0, 0.05) is 11.6 Å². The predicted octanol–water partition coefficient (Wildman–Crippen LogP) is 1.94. The fourth-order valence-corrected chi connectivity index (χ4v) is 1.93. The molecule has 5 heteroatoms. The first-order valence-electron chi connectivity index (χ1n) is 5.52. The molecular formula is C12H16FNO3. The van der Waals surface area contributed by atoms with Gasteiger partial charge in [0.2, 0.25) is 0 Å². The molecule has 0 radical (unpaired) electrons. The molecule has 0 aliphatic carbocycles. The fraction of sp³-hybridized carbons (Fsp3) is 0.500. The predicted molar refractivity (Wildman–Crippen MR) is 60.1 cm³/mol. The molecule has 0 aliphatic heterocycles. The molecule has 1 aromatic rings. The number of halogens is 1. The van der Waals surface area contributed by atoms with Crippen LogP contribution in [0.3, 0.4) is 0 Å². The molecule has 2 atom stereocenters. The van der Waals surface area contributed by atoms with Crippen LogP contribution in [0, 0.1) is 5.82 Å². The van der Waals surface area contributed by atoms with E-state index in [1.165, 1.54) is 12.1 Å². The van der Waals surface area contributed by atoms with Gasteiger partial charge in [-0.3, -0.25) is 4.98 Å². The molecule has 0 fully saturated rings. The highest BCUT2D eigenvalue weighted by Crippen LogP contribution is 2.33. The van der Waals surface area contributed by atoms with Crippen molar-refractivity contribution in [3.8, 4) is 0 Å². The van der Waals surface area contributed by atoms with E-state index >= 15 is 0 Å². The zero-order valence-electron chi connectivity index (χ0n) is 9.85. The Morgan fingerprint density at radius 2 is 2.18 bits per heavy atom. The van der Waals surface area contributed by atoms with Crippen molar-refractivity contribution in [1.82, 2.24) is 4.98 Å². The van der Waals surface area contributed by atoms with E-state index in [9.17, 15) is 14.3 Å². The number of aromatic nitrogens is 1. The summed E-state index contributed by atoms with van der Waals surface area (Å²) in [5, 5.41) is 19.2. The molecule has 0 amide bonds. The number of carbonyl (C=O) groups is 1. The maximum absolute atomic E-state index is 12.7. The Morgan fingerprint density at radius 1 is 1.53 bits per heavy atom. The monoisotopic (exact) mass is 241 g/mol. The first kappa shape index (κ1) is 13.6. The number of hydrogen-bond acceptors (Lipinski definition) is 3. The lowest BCUT2D eigenvalue weighted by molar-refractivity contribution is -0.162. The molecule has 1 rings (SSSR count). The zero-order chi connectivity index (χ0) is 13.1. The molecule has 0 saturated carbocycles. The Kier molecular flexibility index (Phi) is 4.17. The normalized spacial score (nSPS) is 16.2. The summed E-state index contributed by atoms with van der Waals surface area (Å²) in [7, 11) is 0. The van der Waals surface area contributed by atoms with Gasteiger partial charge in [0.15, 0.2) is 5.60 Å². The molecule has 0 aromatic carbocycles. The first-order chi connectivity index (χ1) is 7.95. The fourth-order valence-electron chi connectivity index (χ4n) is 1.93. The lowest BCUT2D eigenvalue weighted by Gasteiger charge is -2.30. The van der Waals surface area contributed by atoms with Crippen molar-refractivity contribution in [2.75, 3.05) is 0 Å². The Morgan fingerprint density at radius 3 is 2.53 bits per heavy atom. The lowest BCUT2D eigenvalue weighted by Crippen LogP contribution is -2.44. The van der Waals surface area contributed by atoms with Crippen LogP contribution in [-0.2, 0) is 4.79 Å². The summed E-state index contributed by atoms with van der Waals surface area (Å²) < 4.78 is 12.7. The molecule has 0 saturated heterocycles. The summed E-state index contributed by atoms with van der Waals surface area (Å²) in [5.41, 5.74) is -1.47. The standard InChI is InChI=1S/C12H16FNO3/c1-3-9(12(17,4-2)11(15)16)10-6-5-8(13)7-14-10/h5-7,9,17H,3-4H2,1-2H3,(H,15,16). The summed E-state index contributed by atoms with van der Waals surface area (Å²) in [4.78, 5) is 15.0. The second-order valence-electron chi connectivity index (χ2n) is 3.95. The molecule has 94 valence electrons. The van der Waals surface area contributed by atoms with Crippen LogP contribution in [-0.4, -0.2) is 26.8 Å². The van der Waals surface area contributed by atoms with Crippen molar-refractivity contribution in [3.05, 3.63) is 29.8 Å². The first-order valence-corrected chi connectivity index (χ1v) is 5.52. The minimum atomic E-state index is -1.86. The number of aliphatic hydroxyl groups is 1. The molecule has 0 spiro atoms.